The Morgan fingerprint density at radius 3 is 2.78 bits per heavy atom. The van der Waals surface area contributed by atoms with E-state index in [9.17, 15) is 13.2 Å². The molecule has 3 rings (SSSR count). The van der Waals surface area contributed by atoms with Gasteiger partial charge in [0.1, 0.15) is 11.3 Å². The van der Waals surface area contributed by atoms with Crippen LogP contribution in [0.2, 0.25) is 0 Å². The van der Waals surface area contributed by atoms with Crippen molar-refractivity contribution < 1.29 is 17.6 Å². The highest BCUT2D eigenvalue weighted by molar-refractivity contribution is 7.91. The molecule has 1 aromatic heterocycles. The summed E-state index contributed by atoms with van der Waals surface area (Å²) >= 11 is 0. The van der Waals surface area contributed by atoms with Gasteiger partial charge in [-0.2, -0.15) is 0 Å². The fourth-order valence-electron chi connectivity index (χ4n) is 2.76. The van der Waals surface area contributed by atoms with Gasteiger partial charge in [-0.25, -0.2) is 13.2 Å². The molecule has 0 spiro atoms. The molecule has 0 radical (unpaired) electrons. The monoisotopic (exact) mass is 336 g/mol. The summed E-state index contributed by atoms with van der Waals surface area (Å²) in [5.41, 5.74) is 0.782. The number of hydrogen-bond acceptors (Lipinski definition) is 4. The molecule has 2 atom stereocenters. The summed E-state index contributed by atoms with van der Waals surface area (Å²) in [6.45, 7) is 1.88. The second-order valence-electron chi connectivity index (χ2n) is 6.02. The van der Waals surface area contributed by atoms with Crippen molar-refractivity contribution in [2.24, 2.45) is 0 Å². The molecule has 1 fully saturated rings. The molecule has 6 nitrogen and oxygen atoms in total. The number of furan rings is 1. The molecule has 2 amide bonds. The third kappa shape index (κ3) is 3.34. The lowest BCUT2D eigenvalue weighted by Gasteiger charge is -2.25. The highest BCUT2D eigenvalue weighted by atomic mass is 32.2. The van der Waals surface area contributed by atoms with Gasteiger partial charge in [0.05, 0.1) is 17.5 Å². The summed E-state index contributed by atoms with van der Waals surface area (Å²) in [5, 5.41) is 3.78. The van der Waals surface area contributed by atoms with Gasteiger partial charge in [-0.1, -0.05) is 18.2 Å². The molecule has 7 heteroatoms. The van der Waals surface area contributed by atoms with E-state index in [0.717, 1.165) is 11.0 Å². The first-order chi connectivity index (χ1) is 10.9. The van der Waals surface area contributed by atoms with Crippen molar-refractivity contribution in [3.8, 4) is 0 Å². The summed E-state index contributed by atoms with van der Waals surface area (Å²) in [6, 6.07) is 8.75. The average molecular weight is 336 g/mol. The van der Waals surface area contributed by atoms with Crippen LogP contribution in [0.25, 0.3) is 11.0 Å². The summed E-state index contributed by atoms with van der Waals surface area (Å²) in [7, 11) is -1.33. The van der Waals surface area contributed by atoms with Crippen molar-refractivity contribution in [2.75, 3.05) is 18.6 Å². The number of carbonyl (C=O) groups is 1. The van der Waals surface area contributed by atoms with Gasteiger partial charge in [-0.15, -0.1) is 0 Å². The summed E-state index contributed by atoms with van der Waals surface area (Å²) < 4.78 is 28.7. The minimum absolute atomic E-state index is 0.0194. The van der Waals surface area contributed by atoms with Crippen molar-refractivity contribution in [3.63, 3.8) is 0 Å². The summed E-state index contributed by atoms with van der Waals surface area (Å²) in [6.07, 6.45) is 0.473. The molecule has 2 heterocycles. The zero-order valence-electron chi connectivity index (χ0n) is 13.2. The van der Waals surface area contributed by atoms with E-state index < -0.39 is 9.84 Å². The van der Waals surface area contributed by atoms with E-state index >= 15 is 0 Å². The van der Waals surface area contributed by atoms with Gasteiger partial charge >= 0.3 is 6.03 Å². The SMILES string of the molecule is CC(c1cc2ccccc2o1)N(C)C(=O)NC1CCS(=O)(=O)C1. The van der Waals surface area contributed by atoms with Gasteiger partial charge in [0.2, 0.25) is 0 Å². The number of fused-ring (bicyclic) bond motifs is 1. The Morgan fingerprint density at radius 2 is 2.13 bits per heavy atom. The second kappa shape index (κ2) is 5.88. The number of rotatable bonds is 3. The molecular formula is C16H20N2O4S. The number of amides is 2. The molecule has 1 saturated heterocycles. The largest absolute Gasteiger partial charge is 0.459 e. The minimum atomic E-state index is -3.01. The van der Waals surface area contributed by atoms with Crippen molar-refractivity contribution in [2.45, 2.75) is 25.4 Å². The Kier molecular flexibility index (Phi) is 4.06. The van der Waals surface area contributed by atoms with E-state index in [1.165, 1.54) is 4.90 Å². The smallest absolute Gasteiger partial charge is 0.318 e. The number of nitrogens with one attached hydrogen (secondary N) is 1. The Morgan fingerprint density at radius 1 is 1.39 bits per heavy atom. The molecule has 1 aliphatic rings. The molecule has 2 unspecified atom stereocenters. The zero-order chi connectivity index (χ0) is 16.6. The molecule has 0 saturated carbocycles. The van der Waals surface area contributed by atoms with Crippen LogP contribution in [0, 0.1) is 0 Å². The van der Waals surface area contributed by atoms with E-state index in [1.807, 2.05) is 37.3 Å². The highest BCUT2D eigenvalue weighted by Gasteiger charge is 2.30. The van der Waals surface area contributed by atoms with Crippen LogP contribution in [-0.2, 0) is 9.84 Å². The van der Waals surface area contributed by atoms with Crippen LogP contribution in [0.5, 0.6) is 0 Å². The third-order valence-corrected chi connectivity index (χ3v) is 6.09. The number of para-hydroxylation sites is 1. The van der Waals surface area contributed by atoms with Crippen molar-refractivity contribution in [1.29, 1.82) is 0 Å². The Balaban J connectivity index is 1.69. The molecule has 124 valence electrons. The van der Waals surface area contributed by atoms with E-state index in [4.69, 9.17) is 4.42 Å². The number of nitrogens with zero attached hydrogens (tertiary/aromatic N) is 1. The molecule has 1 aromatic carbocycles. The molecule has 1 aliphatic heterocycles. The van der Waals surface area contributed by atoms with Crippen molar-refractivity contribution in [3.05, 3.63) is 36.1 Å². The van der Waals surface area contributed by atoms with Gasteiger partial charge in [-0.3, -0.25) is 0 Å². The van der Waals surface area contributed by atoms with E-state index in [0.29, 0.717) is 12.2 Å². The van der Waals surface area contributed by atoms with Crippen LogP contribution in [0.15, 0.2) is 34.7 Å². The lowest BCUT2D eigenvalue weighted by atomic mass is 10.2. The standard InChI is InChI=1S/C16H20N2O4S/c1-11(15-9-12-5-3-4-6-14(12)22-15)18(2)16(19)17-13-7-8-23(20,21)10-13/h3-6,9,11,13H,7-8,10H2,1-2H3,(H,17,19). The second-order valence-corrected chi connectivity index (χ2v) is 8.25. The van der Waals surface area contributed by atoms with E-state index in [1.54, 1.807) is 7.05 Å². The van der Waals surface area contributed by atoms with Gasteiger partial charge in [0.15, 0.2) is 9.84 Å². The number of urea groups is 1. The van der Waals surface area contributed by atoms with Crippen molar-refractivity contribution >= 4 is 26.8 Å². The van der Waals surface area contributed by atoms with Crippen LogP contribution >= 0.6 is 0 Å². The molecule has 1 N–H and O–H groups in total. The Hall–Kier alpha value is -2.02. The number of benzene rings is 1. The van der Waals surface area contributed by atoms with Crippen LogP contribution in [0.4, 0.5) is 4.79 Å². The molecular weight excluding hydrogens is 316 g/mol. The lowest BCUT2D eigenvalue weighted by molar-refractivity contribution is 0.185. The van der Waals surface area contributed by atoms with Crippen LogP contribution < -0.4 is 5.32 Å². The highest BCUT2D eigenvalue weighted by Crippen LogP contribution is 2.26. The first kappa shape index (κ1) is 15.9. The fourth-order valence-corrected chi connectivity index (χ4v) is 4.43. The lowest BCUT2D eigenvalue weighted by Crippen LogP contribution is -2.44. The summed E-state index contributed by atoms with van der Waals surface area (Å²) in [4.78, 5) is 13.8. The van der Waals surface area contributed by atoms with Crippen LogP contribution in [-0.4, -0.2) is 43.9 Å². The molecule has 0 bridgehead atoms. The number of hydrogen-bond donors (Lipinski definition) is 1. The van der Waals surface area contributed by atoms with Crippen LogP contribution in [0.1, 0.15) is 25.1 Å². The normalized spacial score (nSPS) is 21.2. The van der Waals surface area contributed by atoms with Gasteiger partial charge < -0.3 is 14.6 Å². The topological polar surface area (TPSA) is 79.6 Å². The maximum Gasteiger partial charge on any atom is 0.318 e. The maximum absolute atomic E-state index is 12.3. The fraction of sp³-hybridized carbons (Fsp3) is 0.438. The summed E-state index contributed by atoms with van der Waals surface area (Å²) in [5.74, 6) is 0.856. The average Bonchev–Trinajstić information content (AvgIpc) is 3.08. The van der Waals surface area contributed by atoms with E-state index in [-0.39, 0.29) is 29.6 Å². The van der Waals surface area contributed by atoms with Crippen molar-refractivity contribution in [1.82, 2.24) is 10.2 Å². The quantitative estimate of drug-likeness (QED) is 0.933. The molecule has 23 heavy (non-hydrogen) atoms. The molecule has 2 aromatic rings. The Bertz CT molecular complexity index is 794. The van der Waals surface area contributed by atoms with Gasteiger partial charge in [0.25, 0.3) is 0 Å². The first-order valence-electron chi connectivity index (χ1n) is 7.58. The predicted molar refractivity (Wildman–Crippen MR) is 88.0 cm³/mol. The molecule has 0 aliphatic carbocycles. The zero-order valence-corrected chi connectivity index (χ0v) is 14.0. The first-order valence-corrected chi connectivity index (χ1v) is 9.40. The Labute approximate surface area is 135 Å². The number of carbonyl (C=O) groups excluding carboxylic acids is 1. The van der Waals surface area contributed by atoms with Crippen LogP contribution in [0.3, 0.4) is 0 Å². The minimum Gasteiger partial charge on any atom is -0.459 e. The predicted octanol–water partition coefficient (Wildman–Crippen LogP) is 2.32. The van der Waals surface area contributed by atoms with E-state index in [2.05, 4.69) is 5.32 Å². The van der Waals surface area contributed by atoms with Gasteiger partial charge in [-0.05, 0) is 25.5 Å². The third-order valence-electron chi connectivity index (χ3n) is 4.32. The maximum atomic E-state index is 12.3. The van der Waals surface area contributed by atoms with Gasteiger partial charge in [0, 0.05) is 18.5 Å². The number of sulfone groups is 1.